The zero-order valence-electron chi connectivity index (χ0n) is 25.2. The molecule has 0 unspecified atom stereocenters. The van der Waals surface area contributed by atoms with Crippen LogP contribution in [-0.4, -0.2) is 61.5 Å². The molecule has 4 fully saturated rings. The minimum atomic E-state index is -3.50. The molecule has 8 nitrogen and oxygen atoms in total. The van der Waals surface area contributed by atoms with Gasteiger partial charge in [0, 0.05) is 43.3 Å². The molecule has 1 aliphatic heterocycles. The van der Waals surface area contributed by atoms with Crippen molar-refractivity contribution in [1.82, 2.24) is 15.2 Å². The van der Waals surface area contributed by atoms with Gasteiger partial charge in [-0.05, 0) is 98.8 Å². The molecule has 1 amide bonds. The monoisotopic (exact) mass is 604 g/mol. The largest absolute Gasteiger partial charge is 0.390 e. The number of sulfonamides is 1. The SMILES string of the molecule is CCn1cc2c3c(cc(C(=O)N[C@@H](Cc4ccccc4)[C@H](O)CNC4[C@H]5C[C@@H]6C[C@@H](C[C@H]4C6)C5)cc31)N(C)S(=O)(=O)CC2. The van der Waals surface area contributed by atoms with Gasteiger partial charge in [-0.15, -0.1) is 0 Å². The molecule has 3 N–H and O–H groups in total. The summed E-state index contributed by atoms with van der Waals surface area (Å²) in [7, 11) is -1.93. The van der Waals surface area contributed by atoms with Gasteiger partial charge in [0.15, 0.2) is 0 Å². The Morgan fingerprint density at radius 3 is 2.42 bits per heavy atom. The molecule has 2 atom stereocenters. The first-order valence-electron chi connectivity index (χ1n) is 16.1. The van der Waals surface area contributed by atoms with Crippen LogP contribution in [0.1, 0.15) is 60.5 Å². The highest BCUT2D eigenvalue weighted by Gasteiger charge is 2.48. The lowest BCUT2D eigenvalue weighted by molar-refractivity contribution is -0.0185. The van der Waals surface area contributed by atoms with Crippen LogP contribution < -0.4 is 14.9 Å². The van der Waals surface area contributed by atoms with E-state index in [1.807, 2.05) is 49.5 Å². The average molecular weight is 605 g/mol. The number of anilines is 1. The van der Waals surface area contributed by atoms with Gasteiger partial charge in [0.05, 0.1) is 29.1 Å². The predicted octanol–water partition coefficient (Wildman–Crippen LogP) is 4.10. The maximum atomic E-state index is 13.9. The van der Waals surface area contributed by atoms with Gasteiger partial charge in [0.25, 0.3) is 5.91 Å². The van der Waals surface area contributed by atoms with E-state index in [9.17, 15) is 18.3 Å². The van der Waals surface area contributed by atoms with Crippen LogP contribution in [-0.2, 0) is 29.4 Å². The molecule has 1 aromatic heterocycles. The second-order valence-corrected chi connectivity index (χ2v) is 15.7. The zero-order chi connectivity index (χ0) is 29.9. The summed E-state index contributed by atoms with van der Waals surface area (Å²) in [4.78, 5) is 13.9. The average Bonchev–Trinajstić information content (AvgIpc) is 3.32. The summed E-state index contributed by atoms with van der Waals surface area (Å²) < 4.78 is 29.4. The second kappa shape index (κ2) is 11.2. The Balaban J connectivity index is 1.15. The lowest BCUT2D eigenvalue weighted by Crippen LogP contribution is -2.57. The number of hydrogen-bond acceptors (Lipinski definition) is 5. The number of benzene rings is 2. The zero-order valence-corrected chi connectivity index (χ0v) is 26.0. The van der Waals surface area contributed by atoms with Crippen LogP contribution in [0.5, 0.6) is 0 Å². The molecule has 3 aromatic rings. The molecule has 8 rings (SSSR count). The van der Waals surface area contributed by atoms with Gasteiger partial charge in [-0.2, -0.15) is 0 Å². The van der Waals surface area contributed by atoms with Crippen molar-refractivity contribution < 1.29 is 18.3 Å². The van der Waals surface area contributed by atoms with Crippen LogP contribution in [0.15, 0.2) is 48.7 Å². The lowest BCUT2D eigenvalue weighted by atomic mass is 9.54. The normalized spacial score (nSPS) is 28.5. The molecule has 230 valence electrons. The van der Waals surface area contributed by atoms with E-state index in [2.05, 4.69) is 15.2 Å². The van der Waals surface area contributed by atoms with E-state index < -0.39 is 22.2 Å². The van der Waals surface area contributed by atoms with Gasteiger partial charge >= 0.3 is 0 Å². The summed E-state index contributed by atoms with van der Waals surface area (Å²) in [5.41, 5.74) is 3.81. The van der Waals surface area contributed by atoms with E-state index in [1.54, 1.807) is 13.1 Å². The van der Waals surface area contributed by atoms with Crippen LogP contribution >= 0.6 is 0 Å². The number of amides is 1. The smallest absolute Gasteiger partial charge is 0.251 e. The second-order valence-electron chi connectivity index (χ2n) is 13.6. The van der Waals surface area contributed by atoms with E-state index in [-0.39, 0.29) is 11.7 Å². The Kier molecular flexibility index (Phi) is 7.54. The molecule has 4 bridgehead atoms. The Morgan fingerprint density at radius 2 is 1.74 bits per heavy atom. The van der Waals surface area contributed by atoms with E-state index in [0.717, 1.165) is 33.9 Å². The number of nitrogens with one attached hydrogen (secondary N) is 2. The molecule has 4 saturated carbocycles. The molecule has 9 heteroatoms. The van der Waals surface area contributed by atoms with E-state index in [4.69, 9.17) is 0 Å². The highest BCUT2D eigenvalue weighted by Crippen LogP contribution is 2.53. The van der Waals surface area contributed by atoms with E-state index in [1.165, 1.54) is 36.4 Å². The van der Waals surface area contributed by atoms with Gasteiger partial charge in [-0.25, -0.2) is 8.42 Å². The molecular weight excluding hydrogens is 560 g/mol. The van der Waals surface area contributed by atoms with Crippen molar-refractivity contribution in [3.8, 4) is 0 Å². The van der Waals surface area contributed by atoms with Gasteiger partial charge < -0.3 is 20.3 Å². The first-order chi connectivity index (χ1) is 20.7. The van der Waals surface area contributed by atoms with Crippen molar-refractivity contribution in [2.24, 2.45) is 23.7 Å². The summed E-state index contributed by atoms with van der Waals surface area (Å²) >= 11 is 0. The molecule has 2 aromatic carbocycles. The first kappa shape index (κ1) is 28.9. The van der Waals surface area contributed by atoms with Gasteiger partial charge in [-0.1, -0.05) is 30.3 Å². The van der Waals surface area contributed by atoms with Gasteiger partial charge in [-0.3, -0.25) is 9.10 Å². The number of aliphatic hydroxyl groups is 1. The number of hydrogen-bond donors (Lipinski definition) is 3. The summed E-state index contributed by atoms with van der Waals surface area (Å²) in [5, 5.41) is 19.4. The Bertz CT molecular complexity index is 1590. The summed E-state index contributed by atoms with van der Waals surface area (Å²) in [6.07, 6.45) is 8.81. The maximum Gasteiger partial charge on any atom is 0.251 e. The number of aliphatic hydroxyl groups excluding tert-OH is 1. The van der Waals surface area contributed by atoms with E-state index in [0.29, 0.717) is 55.1 Å². The third-order valence-electron chi connectivity index (χ3n) is 10.9. The number of nitrogens with zero attached hydrogens (tertiary/aromatic N) is 2. The highest BCUT2D eigenvalue weighted by molar-refractivity contribution is 7.92. The molecule has 0 saturated heterocycles. The number of carbonyl (C=O) groups is 1. The standard InChI is InChI=1S/C34H44N4O4S/c1-3-38-20-24-9-10-43(41,42)37(2)29-17-27(18-30(38)32(24)29)34(40)36-28(16-21-7-5-4-6-8-21)31(39)19-35-33-25-12-22-11-23(14-25)15-26(33)13-22/h4-8,17-18,20,22-23,25-26,28,31,33,35,39H,3,9-16,19H2,1-2H3,(H,36,40)/t22-,23+,25-,26+,28-,31+,33?/m0/s1. The molecule has 0 spiro atoms. The fourth-order valence-corrected chi connectivity index (χ4v) is 10.1. The molecular formula is C34H44N4O4S. The first-order valence-corrected chi connectivity index (χ1v) is 17.7. The molecule has 43 heavy (non-hydrogen) atoms. The summed E-state index contributed by atoms with van der Waals surface area (Å²) in [6, 6.07) is 13.5. The topological polar surface area (TPSA) is 104 Å². The van der Waals surface area contributed by atoms with Gasteiger partial charge in [0.1, 0.15) is 0 Å². The Hall–Kier alpha value is -2.88. The Morgan fingerprint density at radius 1 is 1.05 bits per heavy atom. The van der Waals surface area contributed by atoms with Crippen molar-refractivity contribution in [3.05, 3.63) is 65.4 Å². The van der Waals surface area contributed by atoms with Crippen LogP contribution in [0.2, 0.25) is 0 Å². The fourth-order valence-electron chi connectivity index (χ4n) is 8.91. The van der Waals surface area contributed by atoms with Crippen LogP contribution in [0.25, 0.3) is 10.9 Å². The maximum absolute atomic E-state index is 13.9. The van der Waals surface area contributed by atoms with Crippen molar-refractivity contribution in [2.45, 2.75) is 76.6 Å². The van der Waals surface area contributed by atoms with Crippen molar-refractivity contribution in [1.29, 1.82) is 0 Å². The molecule has 5 aliphatic rings. The number of carbonyl (C=O) groups excluding carboxylic acids is 1. The van der Waals surface area contributed by atoms with Gasteiger partial charge in [0.2, 0.25) is 10.0 Å². The van der Waals surface area contributed by atoms with E-state index >= 15 is 0 Å². The lowest BCUT2D eigenvalue weighted by Gasteiger charge is -2.54. The van der Waals surface area contributed by atoms with Crippen LogP contribution in [0.3, 0.4) is 0 Å². The minimum Gasteiger partial charge on any atom is -0.390 e. The quantitative estimate of drug-likeness (QED) is 0.341. The number of aromatic nitrogens is 1. The van der Waals surface area contributed by atoms with Crippen molar-refractivity contribution >= 4 is 32.5 Å². The van der Waals surface area contributed by atoms with Crippen LogP contribution in [0, 0.1) is 23.7 Å². The Labute approximate surface area is 254 Å². The third kappa shape index (κ3) is 5.38. The third-order valence-corrected chi connectivity index (χ3v) is 12.6. The highest BCUT2D eigenvalue weighted by atomic mass is 32.2. The number of rotatable bonds is 9. The minimum absolute atomic E-state index is 0.0326. The predicted molar refractivity (Wildman–Crippen MR) is 170 cm³/mol. The van der Waals surface area contributed by atoms with Crippen molar-refractivity contribution in [2.75, 3.05) is 23.7 Å². The van der Waals surface area contributed by atoms with Crippen molar-refractivity contribution in [3.63, 3.8) is 0 Å². The van der Waals surface area contributed by atoms with Crippen LogP contribution in [0.4, 0.5) is 5.69 Å². The molecule has 4 aliphatic carbocycles. The molecule has 0 radical (unpaired) electrons. The summed E-state index contributed by atoms with van der Waals surface area (Å²) in [6.45, 7) is 3.19. The fraction of sp³-hybridized carbons (Fsp3) is 0.559. The number of aryl methyl sites for hydroxylation is 2. The molecule has 2 heterocycles. The summed E-state index contributed by atoms with van der Waals surface area (Å²) in [5.74, 6) is 2.90.